The van der Waals surface area contributed by atoms with Gasteiger partial charge in [0.2, 0.25) is 0 Å². The molecule has 4 rings (SSSR count). The molecule has 7 heteroatoms. The quantitative estimate of drug-likeness (QED) is 0.636. The summed E-state index contributed by atoms with van der Waals surface area (Å²) in [7, 11) is 0. The molecule has 2 heterocycles. The first-order valence-corrected chi connectivity index (χ1v) is 10.6. The van der Waals surface area contributed by atoms with Crippen molar-refractivity contribution in [3.8, 4) is 17.2 Å². The number of carbonyl (C=O) groups is 1. The summed E-state index contributed by atoms with van der Waals surface area (Å²) in [5, 5.41) is 0.475. The Hall–Kier alpha value is -1.92. The molecule has 0 bridgehead atoms. The Morgan fingerprint density at radius 3 is 2.79 bits per heavy atom. The first-order valence-electron chi connectivity index (χ1n) is 9.39. The van der Waals surface area contributed by atoms with Gasteiger partial charge in [-0.15, -0.1) is 0 Å². The van der Waals surface area contributed by atoms with Crippen molar-refractivity contribution < 1.29 is 19.0 Å². The minimum Gasteiger partial charge on any atom is -0.490 e. The molecule has 0 aromatic heterocycles. The third-order valence-electron chi connectivity index (χ3n) is 4.97. The molecule has 2 aromatic rings. The van der Waals surface area contributed by atoms with Crippen LogP contribution in [-0.4, -0.2) is 37.2 Å². The average molecular weight is 467 g/mol. The Kier molecular flexibility index (Phi) is 5.97. The van der Waals surface area contributed by atoms with Crippen molar-refractivity contribution in [3.05, 3.63) is 51.5 Å². The molecule has 0 saturated carbocycles. The van der Waals surface area contributed by atoms with E-state index in [1.807, 2.05) is 29.2 Å². The Bertz CT molecular complexity index is 875. The Labute approximate surface area is 177 Å². The van der Waals surface area contributed by atoms with E-state index in [1.54, 1.807) is 12.1 Å². The smallest absolute Gasteiger partial charge is 0.261 e. The van der Waals surface area contributed by atoms with Crippen LogP contribution >= 0.6 is 27.5 Å². The highest BCUT2D eigenvalue weighted by Gasteiger charge is 2.31. The van der Waals surface area contributed by atoms with Gasteiger partial charge in [-0.1, -0.05) is 33.6 Å². The predicted molar refractivity (Wildman–Crippen MR) is 110 cm³/mol. The van der Waals surface area contributed by atoms with Gasteiger partial charge < -0.3 is 19.1 Å². The summed E-state index contributed by atoms with van der Waals surface area (Å²) in [6, 6.07) is 11.3. The van der Waals surface area contributed by atoms with E-state index >= 15 is 0 Å². The van der Waals surface area contributed by atoms with Crippen LogP contribution in [-0.2, 0) is 4.79 Å². The fourth-order valence-corrected chi connectivity index (χ4v) is 4.34. The van der Waals surface area contributed by atoms with Gasteiger partial charge in [0.15, 0.2) is 18.1 Å². The zero-order chi connectivity index (χ0) is 19.5. The summed E-state index contributed by atoms with van der Waals surface area (Å²) >= 11 is 9.53. The molecule has 1 amide bonds. The van der Waals surface area contributed by atoms with Crippen LogP contribution in [0.2, 0.25) is 5.02 Å². The number of benzene rings is 2. The highest BCUT2D eigenvalue weighted by atomic mass is 79.9. The molecule has 0 spiro atoms. The maximum atomic E-state index is 12.8. The molecule has 2 aliphatic heterocycles. The minimum atomic E-state index is -0.0476. The largest absolute Gasteiger partial charge is 0.490 e. The lowest BCUT2D eigenvalue weighted by Crippen LogP contribution is -2.34. The van der Waals surface area contributed by atoms with E-state index in [-0.39, 0.29) is 18.6 Å². The average Bonchev–Trinajstić information content (AvgIpc) is 3.06. The van der Waals surface area contributed by atoms with Crippen molar-refractivity contribution in [3.63, 3.8) is 0 Å². The van der Waals surface area contributed by atoms with Gasteiger partial charge in [-0.25, -0.2) is 0 Å². The molecule has 2 aromatic carbocycles. The topological polar surface area (TPSA) is 48.0 Å². The molecule has 1 fully saturated rings. The second-order valence-corrected chi connectivity index (χ2v) is 8.19. The van der Waals surface area contributed by atoms with E-state index in [2.05, 4.69) is 15.9 Å². The number of amides is 1. The fourth-order valence-electron chi connectivity index (χ4n) is 3.61. The number of halogens is 2. The first-order chi connectivity index (χ1) is 13.6. The van der Waals surface area contributed by atoms with Gasteiger partial charge in [-0.05, 0) is 48.7 Å². The van der Waals surface area contributed by atoms with Crippen molar-refractivity contribution >= 4 is 33.4 Å². The number of hydrogen-bond donors (Lipinski definition) is 0. The van der Waals surface area contributed by atoms with Crippen molar-refractivity contribution in [2.45, 2.75) is 25.3 Å². The van der Waals surface area contributed by atoms with Crippen molar-refractivity contribution in [2.75, 3.05) is 26.4 Å². The number of fused-ring (bicyclic) bond motifs is 1. The van der Waals surface area contributed by atoms with Gasteiger partial charge >= 0.3 is 0 Å². The number of rotatable bonds is 4. The highest BCUT2D eigenvalue weighted by Crippen LogP contribution is 2.38. The lowest BCUT2D eigenvalue weighted by molar-refractivity contribution is -0.134. The van der Waals surface area contributed by atoms with E-state index in [9.17, 15) is 4.79 Å². The second kappa shape index (κ2) is 8.62. The van der Waals surface area contributed by atoms with Gasteiger partial charge in [-0.3, -0.25) is 4.79 Å². The third-order valence-corrected chi connectivity index (χ3v) is 5.76. The maximum Gasteiger partial charge on any atom is 0.261 e. The van der Waals surface area contributed by atoms with Gasteiger partial charge in [0.1, 0.15) is 5.75 Å². The van der Waals surface area contributed by atoms with Crippen LogP contribution < -0.4 is 14.2 Å². The molecule has 0 aliphatic carbocycles. The normalized spacial score (nSPS) is 18.6. The van der Waals surface area contributed by atoms with Gasteiger partial charge in [0, 0.05) is 17.4 Å². The van der Waals surface area contributed by atoms with Gasteiger partial charge in [0.25, 0.3) is 5.91 Å². The van der Waals surface area contributed by atoms with Crippen LogP contribution in [0.15, 0.2) is 40.9 Å². The van der Waals surface area contributed by atoms with Crippen LogP contribution in [0.1, 0.15) is 30.9 Å². The van der Waals surface area contributed by atoms with Crippen molar-refractivity contribution in [2.24, 2.45) is 0 Å². The molecule has 0 N–H and O–H groups in total. The summed E-state index contributed by atoms with van der Waals surface area (Å²) in [4.78, 5) is 14.7. The SMILES string of the molecule is O=C(COc1ccc(Br)cc1Cl)N1CCCC1c1ccc2c(c1)OCCCO2. The molecular weight excluding hydrogens is 446 g/mol. The molecular formula is C21H21BrClNO4. The lowest BCUT2D eigenvalue weighted by atomic mass is 10.0. The number of ether oxygens (including phenoxy) is 3. The van der Waals surface area contributed by atoms with E-state index < -0.39 is 0 Å². The van der Waals surface area contributed by atoms with Gasteiger partial charge in [0.05, 0.1) is 24.3 Å². The molecule has 1 unspecified atom stereocenters. The number of nitrogens with zero attached hydrogens (tertiary/aromatic N) is 1. The zero-order valence-corrected chi connectivity index (χ0v) is 17.7. The zero-order valence-electron chi connectivity index (χ0n) is 15.3. The van der Waals surface area contributed by atoms with Crippen LogP contribution in [0, 0.1) is 0 Å². The van der Waals surface area contributed by atoms with Crippen molar-refractivity contribution in [1.29, 1.82) is 0 Å². The van der Waals surface area contributed by atoms with E-state index in [0.717, 1.165) is 47.3 Å². The van der Waals surface area contributed by atoms with Crippen LogP contribution in [0.4, 0.5) is 0 Å². The molecule has 0 radical (unpaired) electrons. The van der Waals surface area contributed by atoms with Crippen LogP contribution in [0.5, 0.6) is 17.2 Å². The van der Waals surface area contributed by atoms with Crippen molar-refractivity contribution in [1.82, 2.24) is 4.90 Å². The number of carbonyl (C=O) groups excluding carboxylic acids is 1. The monoisotopic (exact) mass is 465 g/mol. The lowest BCUT2D eigenvalue weighted by Gasteiger charge is -2.26. The molecule has 28 heavy (non-hydrogen) atoms. The van der Waals surface area contributed by atoms with Crippen LogP contribution in [0.3, 0.4) is 0 Å². The summed E-state index contributed by atoms with van der Waals surface area (Å²) in [6.45, 7) is 1.99. The second-order valence-electron chi connectivity index (χ2n) is 6.87. The molecule has 2 aliphatic rings. The summed E-state index contributed by atoms with van der Waals surface area (Å²) in [6.07, 6.45) is 2.75. The third kappa shape index (κ3) is 4.23. The predicted octanol–water partition coefficient (Wildman–Crippen LogP) is 5.01. The molecule has 1 saturated heterocycles. The summed E-state index contributed by atoms with van der Waals surface area (Å²) in [5.74, 6) is 1.98. The highest BCUT2D eigenvalue weighted by molar-refractivity contribution is 9.10. The first kappa shape index (κ1) is 19.4. The van der Waals surface area contributed by atoms with Gasteiger partial charge in [-0.2, -0.15) is 0 Å². The Morgan fingerprint density at radius 1 is 1.14 bits per heavy atom. The van der Waals surface area contributed by atoms with E-state index in [4.69, 9.17) is 25.8 Å². The fraction of sp³-hybridized carbons (Fsp3) is 0.381. The molecule has 5 nitrogen and oxygen atoms in total. The number of likely N-dealkylation sites (tertiary alicyclic amines) is 1. The van der Waals surface area contributed by atoms with E-state index in [0.29, 0.717) is 24.0 Å². The van der Waals surface area contributed by atoms with E-state index in [1.165, 1.54) is 0 Å². The number of hydrogen-bond acceptors (Lipinski definition) is 4. The molecule has 148 valence electrons. The molecule has 1 atom stereocenters. The minimum absolute atomic E-state index is 0.0219. The summed E-state index contributed by atoms with van der Waals surface area (Å²) < 4.78 is 18.0. The van der Waals surface area contributed by atoms with Crippen LogP contribution in [0.25, 0.3) is 0 Å². The Balaban J connectivity index is 1.45. The Morgan fingerprint density at radius 2 is 1.96 bits per heavy atom. The standard InChI is InChI=1S/C21H21BrClNO4/c22-15-5-7-18(16(23)12-15)28-13-21(25)24-8-1-3-17(24)14-4-6-19-20(11-14)27-10-2-9-26-19/h4-7,11-12,17H,1-3,8-10,13H2. The maximum absolute atomic E-state index is 12.8. The summed E-state index contributed by atoms with van der Waals surface area (Å²) in [5.41, 5.74) is 1.07.